The lowest BCUT2D eigenvalue weighted by Crippen LogP contribution is -2.28. The van der Waals surface area contributed by atoms with E-state index in [1.165, 1.54) is 18.5 Å². The summed E-state index contributed by atoms with van der Waals surface area (Å²) < 4.78 is 14.8. The van der Waals surface area contributed by atoms with Gasteiger partial charge in [0.05, 0.1) is 0 Å². The summed E-state index contributed by atoms with van der Waals surface area (Å²) in [6.07, 6.45) is 5.04. The van der Waals surface area contributed by atoms with Crippen LogP contribution >= 0.6 is 0 Å². The number of halogens is 1. The Kier molecular flexibility index (Phi) is 4.54. The molecule has 27 heavy (non-hydrogen) atoms. The van der Waals surface area contributed by atoms with Crippen LogP contribution < -0.4 is 5.73 Å². The van der Waals surface area contributed by atoms with Gasteiger partial charge in [0.15, 0.2) is 0 Å². The molecule has 1 fully saturated rings. The number of anilines is 1. The zero-order valence-corrected chi connectivity index (χ0v) is 14.7. The van der Waals surface area contributed by atoms with Crippen molar-refractivity contribution in [3.63, 3.8) is 0 Å². The second-order valence-corrected chi connectivity index (χ2v) is 6.57. The Morgan fingerprint density at radius 1 is 0.963 bits per heavy atom. The van der Waals surface area contributed by atoms with Crippen molar-refractivity contribution in [3.05, 3.63) is 66.2 Å². The predicted molar refractivity (Wildman–Crippen MR) is 102 cm³/mol. The molecule has 0 aliphatic carbocycles. The SMILES string of the molecule is Nc1ncc(-c2ccc(-c3ccccc3C(=O)N3CCCC3)cc2F)cn1. The highest BCUT2D eigenvalue weighted by Crippen LogP contribution is 2.30. The Morgan fingerprint density at radius 2 is 1.67 bits per heavy atom. The van der Waals surface area contributed by atoms with Crippen LogP contribution in [0.5, 0.6) is 0 Å². The molecule has 1 aromatic heterocycles. The van der Waals surface area contributed by atoms with Crippen molar-refractivity contribution < 1.29 is 9.18 Å². The van der Waals surface area contributed by atoms with E-state index in [2.05, 4.69) is 9.97 Å². The van der Waals surface area contributed by atoms with Crippen molar-refractivity contribution in [2.75, 3.05) is 18.8 Å². The molecule has 0 atom stereocenters. The first-order chi connectivity index (χ1) is 13.1. The molecule has 4 rings (SSSR count). The van der Waals surface area contributed by atoms with Gasteiger partial charge in [0.1, 0.15) is 5.82 Å². The van der Waals surface area contributed by atoms with Crippen LogP contribution in [-0.2, 0) is 0 Å². The van der Waals surface area contributed by atoms with E-state index in [-0.39, 0.29) is 11.9 Å². The molecule has 6 heteroatoms. The van der Waals surface area contributed by atoms with E-state index in [4.69, 9.17) is 5.73 Å². The molecule has 136 valence electrons. The second-order valence-electron chi connectivity index (χ2n) is 6.57. The summed E-state index contributed by atoms with van der Waals surface area (Å²) in [5.41, 5.74) is 8.42. The van der Waals surface area contributed by atoms with Gasteiger partial charge in [-0.2, -0.15) is 0 Å². The lowest BCUT2D eigenvalue weighted by atomic mass is 9.96. The summed E-state index contributed by atoms with van der Waals surface area (Å²) in [5.74, 6) is -0.256. The highest BCUT2D eigenvalue weighted by molar-refractivity contribution is 6.01. The average Bonchev–Trinajstić information content (AvgIpc) is 3.23. The largest absolute Gasteiger partial charge is 0.368 e. The molecule has 1 aliphatic rings. The summed E-state index contributed by atoms with van der Waals surface area (Å²) in [7, 11) is 0. The molecule has 3 aromatic rings. The van der Waals surface area contributed by atoms with Crippen molar-refractivity contribution in [2.24, 2.45) is 0 Å². The molecule has 1 saturated heterocycles. The zero-order chi connectivity index (χ0) is 18.8. The molecule has 1 aliphatic heterocycles. The number of hydrogen-bond acceptors (Lipinski definition) is 4. The Hall–Kier alpha value is -3.28. The Balaban J connectivity index is 1.71. The smallest absolute Gasteiger partial charge is 0.254 e. The first-order valence-corrected chi connectivity index (χ1v) is 8.89. The minimum Gasteiger partial charge on any atom is -0.368 e. The zero-order valence-electron chi connectivity index (χ0n) is 14.7. The lowest BCUT2D eigenvalue weighted by Gasteiger charge is -2.18. The van der Waals surface area contributed by atoms with Crippen molar-refractivity contribution in [3.8, 4) is 22.3 Å². The van der Waals surface area contributed by atoms with E-state index in [1.54, 1.807) is 12.1 Å². The maximum atomic E-state index is 14.8. The predicted octanol–water partition coefficient (Wildman–Crippen LogP) is 3.77. The molecular weight excluding hydrogens is 343 g/mol. The van der Waals surface area contributed by atoms with Crippen molar-refractivity contribution in [2.45, 2.75) is 12.8 Å². The van der Waals surface area contributed by atoms with E-state index in [1.807, 2.05) is 29.2 Å². The van der Waals surface area contributed by atoms with Gasteiger partial charge in [0.25, 0.3) is 5.91 Å². The summed E-state index contributed by atoms with van der Waals surface area (Å²) >= 11 is 0. The minimum atomic E-state index is -0.399. The molecule has 5 nitrogen and oxygen atoms in total. The number of nitrogens with two attached hydrogens (primary N) is 1. The number of rotatable bonds is 3. The summed E-state index contributed by atoms with van der Waals surface area (Å²) in [6, 6.07) is 12.3. The molecule has 2 heterocycles. The van der Waals surface area contributed by atoms with Gasteiger partial charge < -0.3 is 10.6 Å². The molecular formula is C21H19FN4O. The second kappa shape index (κ2) is 7.15. The van der Waals surface area contributed by atoms with E-state index in [0.717, 1.165) is 31.5 Å². The number of benzene rings is 2. The average molecular weight is 362 g/mol. The molecule has 1 amide bonds. The van der Waals surface area contributed by atoms with Gasteiger partial charge in [0, 0.05) is 42.2 Å². The van der Waals surface area contributed by atoms with Gasteiger partial charge in [-0.15, -0.1) is 0 Å². The number of nitrogens with zero attached hydrogens (tertiary/aromatic N) is 3. The summed E-state index contributed by atoms with van der Waals surface area (Å²) in [6.45, 7) is 1.55. The van der Waals surface area contributed by atoms with Crippen LogP contribution in [0.4, 0.5) is 10.3 Å². The van der Waals surface area contributed by atoms with Crippen LogP contribution in [0.3, 0.4) is 0 Å². The first-order valence-electron chi connectivity index (χ1n) is 8.89. The standard InChI is InChI=1S/C21H19FN4O/c22-19-11-14(7-8-17(19)15-12-24-21(23)25-13-15)16-5-1-2-6-18(16)20(27)26-9-3-4-10-26/h1-2,5-8,11-13H,3-4,9-10H2,(H2,23,24,25). The third-order valence-corrected chi connectivity index (χ3v) is 4.81. The first kappa shape index (κ1) is 17.1. The van der Waals surface area contributed by atoms with Gasteiger partial charge in [-0.25, -0.2) is 14.4 Å². The van der Waals surface area contributed by atoms with Crippen LogP contribution in [0.25, 0.3) is 22.3 Å². The fourth-order valence-corrected chi connectivity index (χ4v) is 3.41. The minimum absolute atomic E-state index is 0.000445. The van der Waals surface area contributed by atoms with Gasteiger partial charge in [0.2, 0.25) is 5.95 Å². The fourth-order valence-electron chi connectivity index (χ4n) is 3.41. The van der Waals surface area contributed by atoms with Crippen LogP contribution in [0.15, 0.2) is 54.9 Å². The Labute approximate surface area is 156 Å². The number of aromatic nitrogens is 2. The van der Waals surface area contributed by atoms with Gasteiger partial charge in [-0.3, -0.25) is 4.79 Å². The third-order valence-electron chi connectivity index (χ3n) is 4.81. The normalized spacial score (nSPS) is 13.7. The highest BCUT2D eigenvalue weighted by Gasteiger charge is 2.22. The number of amides is 1. The van der Waals surface area contributed by atoms with Crippen LogP contribution in [0.2, 0.25) is 0 Å². The lowest BCUT2D eigenvalue weighted by molar-refractivity contribution is 0.0793. The number of nitrogen functional groups attached to an aromatic ring is 1. The molecule has 0 unspecified atom stereocenters. The molecule has 0 bridgehead atoms. The molecule has 0 saturated carbocycles. The maximum Gasteiger partial charge on any atom is 0.254 e. The molecule has 0 spiro atoms. The summed E-state index contributed by atoms with van der Waals surface area (Å²) in [5, 5.41) is 0. The molecule has 0 radical (unpaired) electrons. The number of carbonyl (C=O) groups excluding carboxylic acids is 1. The van der Waals surface area contributed by atoms with E-state index in [9.17, 15) is 9.18 Å². The van der Waals surface area contributed by atoms with E-state index >= 15 is 0 Å². The van der Waals surface area contributed by atoms with Crippen molar-refractivity contribution in [1.29, 1.82) is 0 Å². The topological polar surface area (TPSA) is 72.1 Å². The van der Waals surface area contributed by atoms with Gasteiger partial charge in [-0.05, 0) is 36.1 Å². The quantitative estimate of drug-likeness (QED) is 0.770. The van der Waals surface area contributed by atoms with Crippen LogP contribution in [-0.4, -0.2) is 33.9 Å². The third kappa shape index (κ3) is 3.38. The van der Waals surface area contributed by atoms with Crippen LogP contribution in [0.1, 0.15) is 23.2 Å². The number of carbonyl (C=O) groups is 1. The summed E-state index contributed by atoms with van der Waals surface area (Å²) in [4.78, 5) is 22.5. The monoisotopic (exact) mass is 362 g/mol. The number of hydrogen-bond donors (Lipinski definition) is 1. The van der Waals surface area contributed by atoms with E-state index < -0.39 is 5.82 Å². The number of likely N-dealkylation sites (tertiary alicyclic amines) is 1. The Morgan fingerprint density at radius 3 is 2.37 bits per heavy atom. The van der Waals surface area contributed by atoms with Crippen molar-refractivity contribution in [1.82, 2.24) is 14.9 Å². The molecule has 2 N–H and O–H groups in total. The van der Waals surface area contributed by atoms with Crippen molar-refractivity contribution >= 4 is 11.9 Å². The van der Waals surface area contributed by atoms with Gasteiger partial charge in [-0.1, -0.05) is 30.3 Å². The Bertz CT molecular complexity index is 982. The van der Waals surface area contributed by atoms with E-state index in [0.29, 0.717) is 22.3 Å². The molecule has 2 aromatic carbocycles. The van der Waals surface area contributed by atoms with Gasteiger partial charge >= 0.3 is 0 Å². The fraction of sp³-hybridized carbons (Fsp3) is 0.190. The maximum absolute atomic E-state index is 14.8. The van der Waals surface area contributed by atoms with Crippen LogP contribution in [0, 0.1) is 5.82 Å². The highest BCUT2D eigenvalue weighted by atomic mass is 19.1.